The van der Waals surface area contributed by atoms with E-state index in [1.165, 1.54) is 0 Å². The molecule has 5 nitrogen and oxygen atoms in total. The Hall–Kier alpha value is -3.60. The van der Waals surface area contributed by atoms with Gasteiger partial charge in [0.15, 0.2) is 0 Å². The van der Waals surface area contributed by atoms with E-state index in [0.717, 1.165) is 31.2 Å². The number of carbonyl (C=O) groups excluding carboxylic acids is 2. The molecule has 166 valence electrons. The highest BCUT2D eigenvalue weighted by Crippen LogP contribution is 2.22. The molecule has 0 atom stereocenters. The van der Waals surface area contributed by atoms with E-state index in [9.17, 15) is 9.59 Å². The van der Waals surface area contributed by atoms with Gasteiger partial charge < -0.3 is 15.4 Å². The molecule has 5 heteroatoms. The average Bonchev–Trinajstić information content (AvgIpc) is 2.83. The van der Waals surface area contributed by atoms with Crippen LogP contribution in [0.25, 0.3) is 0 Å². The fourth-order valence-corrected chi connectivity index (χ4v) is 3.35. The van der Waals surface area contributed by atoms with E-state index in [-0.39, 0.29) is 11.8 Å². The molecule has 0 aliphatic rings. The molecule has 0 saturated carbocycles. The fraction of sp³-hybridized carbons (Fsp3) is 0.259. The fourth-order valence-electron chi connectivity index (χ4n) is 3.35. The van der Waals surface area contributed by atoms with Gasteiger partial charge in [-0.3, -0.25) is 9.59 Å². The van der Waals surface area contributed by atoms with E-state index >= 15 is 0 Å². The van der Waals surface area contributed by atoms with Gasteiger partial charge in [-0.1, -0.05) is 74.4 Å². The van der Waals surface area contributed by atoms with Crippen molar-refractivity contribution in [3.05, 3.63) is 95.6 Å². The summed E-state index contributed by atoms with van der Waals surface area (Å²) in [5.41, 5.74) is 2.50. The average molecular weight is 431 g/mol. The number of benzene rings is 3. The van der Waals surface area contributed by atoms with Gasteiger partial charge in [0.25, 0.3) is 11.8 Å². The molecule has 0 aliphatic heterocycles. The minimum atomic E-state index is -0.305. The maximum Gasteiger partial charge on any atom is 0.259 e. The molecule has 0 heterocycles. The lowest BCUT2D eigenvalue weighted by Crippen LogP contribution is -2.27. The SMILES string of the molecule is CCCCCOc1ccccc1C(=O)Nc1ccccc1C(=O)NCCc1ccccc1. The largest absolute Gasteiger partial charge is 0.493 e. The highest BCUT2D eigenvalue weighted by atomic mass is 16.5. The van der Waals surface area contributed by atoms with E-state index in [1.54, 1.807) is 42.5 Å². The van der Waals surface area contributed by atoms with Crippen molar-refractivity contribution in [2.45, 2.75) is 32.6 Å². The van der Waals surface area contributed by atoms with Crippen LogP contribution in [0, 0.1) is 0 Å². The van der Waals surface area contributed by atoms with Crippen LogP contribution in [0.15, 0.2) is 78.9 Å². The van der Waals surface area contributed by atoms with Crippen molar-refractivity contribution in [1.82, 2.24) is 5.32 Å². The number of rotatable bonds is 11. The molecular formula is C27H30N2O3. The van der Waals surface area contributed by atoms with E-state index < -0.39 is 0 Å². The summed E-state index contributed by atoms with van der Waals surface area (Å²) in [5.74, 6) is 0.0208. The molecule has 0 aromatic heterocycles. The lowest BCUT2D eigenvalue weighted by molar-refractivity contribution is 0.0955. The molecule has 0 spiro atoms. The molecule has 0 saturated heterocycles. The summed E-state index contributed by atoms with van der Waals surface area (Å²) >= 11 is 0. The second-order valence-electron chi connectivity index (χ2n) is 7.54. The predicted molar refractivity (Wildman–Crippen MR) is 128 cm³/mol. The third-order valence-corrected chi connectivity index (χ3v) is 5.10. The zero-order valence-corrected chi connectivity index (χ0v) is 18.5. The molecule has 0 unspecified atom stereocenters. The van der Waals surface area contributed by atoms with Gasteiger partial charge in [0, 0.05) is 6.54 Å². The Bertz CT molecular complexity index is 1020. The summed E-state index contributed by atoms with van der Waals surface area (Å²) in [5, 5.41) is 5.82. The Labute approximate surface area is 189 Å². The Balaban J connectivity index is 1.64. The number of nitrogens with one attached hydrogen (secondary N) is 2. The first kappa shape index (κ1) is 23.1. The third-order valence-electron chi connectivity index (χ3n) is 5.10. The number of para-hydroxylation sites is 2. The first-order valence-corrected chi connectivity index (χ1v) is 11.1. The van der Waals surface area contributed by atoms with Gasteiger partial charge in [0.2, 0.25) is 0 Å². The summed E-state index contributed by atoms with van der Waals surface area (Å²) < 4.78 is 5.83. The third kappa shape index (κ3) is 6.71. The lowest BCUT2D eigenvalue weighted by atomic mass is 10.1. The van der Waals surface area contributed by atoms with Crippen molar-refractivity contribution in [1.29, 1.82) is 0 Å². The molecular weight excluding hydrogens is 400 g/mol. The highest BCUT2D eigenvalue weighted by molar-refractivity contribution is 6.10. The van der Waals surface area contributed by atoms with Gasteiger partial charge in [-0.2, -0.15) is 0 Å². The maximum atomic E-state index is 13.0. The van der Waals surface area contributed by atoms with Crippen molar-refractivity contribution < 1.29 is 14.3 Å². The minimum absolute atomic E-state index is 0.221. The van der Waals surface area contributed by atoms with Crippen LogP contribution >= 0.6 is 0 Å². The van der Waals surface area contributed by atoms with E-state index in [0.29, 0.717) is 35.7 Å². The number of hydrogen-bond acceptors (Lipinski definition) is 3. The summed E-state index contributed by atoms with van der Waals surface area (Å²) in [4.78, 5) is 25.7. The quantitative estimate of drug-likeness (QED) is 0.396. The molecule has 3 aromatic carbocycles. The van der Waals surface area contributed by atoms with Crippen molar-refractivity contribution in [3.63, 3.8) is 0 Å². The second kappa shape index (κ2) is 12.3. The van der Waals surface area contributed by atoms with Crippen molar-refractivity contribution in [2.24, 2.45) is 0 Å². The number of anilines is 1. The standard InChI is InChI=1S/C27H30N2O3/c1-2-3-11-20-32-25-17-10-8-15-23(25)27(31)29-24-16-9-7-14-22(24)26(30)28-19-18-21-12-5-4-6-13-21/h4-10,12-17H,2-3,11,18-20H2,1H3,(H,28,30)(H,29,31). The molecule has 3 aromatic rings. The normalized spacial score (nSPS) is 10.4. The zero-order valence-electron chi connectivity index (χ0n) is 18.5. The number of carbonyl (C=O) groups is 2. The van der Waals surface area contributed by atoms with Gasteiger partial charge >= 0.3 is 0 Å². The first-order valence-electron chi connectivity index (χ1n) is 11.1. The van der Waals surface area contributed by atoms with Crippen LogP contribution in [0.2, 0.25) is 0 Å². The molecule has 0 fully saturated rings. The van der Waals surface area contributed by atoms with Crippen LogP contribution < -0.4 is 15.4 Å². The summed E-state index contributed by atoms with van der Waals surface area (Å²) in [6.07, 6.45) is 3.87. The maximum absolute atomic E-state index is 13.0. The van der Waals surface area contributed by atoms with Gasteiger partial charge in [-0.25, -0.2) is 0 Å². The first-order chi connectivity index (χ1) is 15.7. The smallest absolute Gasteiger partial charge is 0.259 e. The van der Waals surface area contributed by atoms with Crippen LogP contribution in [0.5, 0.6) is 5.75 Å². The van der Waals surface area contributed by atoms with Crippen LogP contribution in [0.3, 0.4) is 0 Å². The summed E-state index contributed by atoms with van der Waals surface area (Å²) in [6.45, 7) is 3.22. The number of amides is 2. The molecule has 3 rings (SSSR count). The van der Waals surface area contributed by atoms with Gasteiger partial charge in [-0.05, 0) is 42.7 Å². The van der Waals surface area contributed by atoms with E-state index in [1.807, 2.05) is 36.4 Å². The van der Waals surface area contributed by atoms with Crippen molar-refractivity contribution in [2.75, 3.05) is 18.5 Å². The molecule has 0 bridgehead atoms. The molecule has 0 radical (unpaired) electrons. The van der Waals surface area contributed by atoms with Gasteiger partial charge in [-0.15, -0.1) is 0 Å². The summed E-state index contributed by atoms with van der Waals surface area (Å²) in [7, 11) is 0. The lowest BCUT2D eigenvalue weighted by Gasteiger charge is -2.14. The topological polar surface area (TPSA) is 67.4 Å². The molecule has 2 N–H and O–H groups in total. The molecule has 32 heavy (non-hydrogen) atoms. The zero-order chi connectivity index (χ0) is 22.6. The predicted octanol–water partition coefficient (Wildman–Crippen LogP) is 5.48. The van der Waals surface area contributed by atoms with Crippen LogP contribution in [0.1, 0.15) is 52.5 Å². The van der Waals surface area contributed by atoms with Crippen LogP contribution in [-0.4, -0.2) is 25.0 Å². The Morgan fingerprint density at radius 1 is 0.781 bits per heavy atom. The Kier molecular flexibility index (Phi) is 8.87. The summed E-state index contributed by atoms with van der Waals surface area (Å²) in [6, 6.07) is 24.2. The minimum Gasteiger partial charge on any atom is -0.493 e. The molecule has 2 amide bonds. The van der Waals surface area contributed by atoms with Crippen LogP contribution in [-0.2, 0) is 6.42 Å². The number of ether oxygens (including phenoxy) is 1. The Morgan fingerprint density at radius 3 is 2.25 bits per heavy atom. The number of unbranched alkanes of at least 4 members (excludes halogenated alkanes) is 2. The van der Waals surface area contributed by atoms with E-state index in [2.05, 4.69) is 17.6 Å². The van der Waals surface area contributed by atoms with Crippen molar-refractivity contribution >= 4 is 17.5 Å². The van der Waals surface area contributed by atoms with Crippen LogP contribution in [0.4, 0.5) is 5.69 Å². The monoisotopic (exact) mass is 430 g/mol. The second-order valence-corrected chi connectivity index (χ2v) is 7.54. The highest BCUT2D eigenvalue weighted by Gasteiger charge is 2.16. The number of hydrogen-bond donors (Lipinski definition) is 2. The van der Waals surface area contributed by atoms with E-state index in [4.69, 9.17) is 4.74 Å². The van der Waals surface area contributed by atoms with Gasteiger partial charge in [0.05, 0.1) is 23.4 Å². The van der Waals surface area contributed by atoms with Gasteiger partial charge in [0.1, 0.15) is 5.75 Å². The van der Waals surface area contributed by atoms with Crippen molar-refractivity contribution in [3.8, 4) is 5.75 Å². The Morgan fingerprint density at radius 2 is 1.47 bits per heavy atom. The molecule has 0 aliphatic carbocycles.